The number of nitrogens with zero attached hydrogens (tertiary/aromatic N) is 4. The van der Waals surface area contributed by atoms with Crippen molar-refractivity contribution < 1.29 is 8.42 Å². The van der Waals surface area contributed by atoms with E-state index in [1.165, 1.54) is 0 Å². The van der Waals surface area contributed by atoms with Gasteiger partial charge in [-0.3, -0.25) is 9.88 Å². The van der Waals surface area contributed by atoms with Gasteiger partial charge in [0, 0.05) is 56.3 Å². The summed E-state index contributed by atoms with van der Waals surface area (Å²) in [5, 5.41) is 2.85. The topological polar surface area (TPSA) is 88.1 Å². The summed E-state index contributed by atoms with van der Waals surface area (Å²) in [5.74, 6) is 0.431. The summed E-state index contributed by atoms with van der Waals surface area (Å²) >= 11 is 0. The summed E-state index contributed by atoms with van der Waals surface area (Å²) in [6.45, 7) is 2.51. The van der Waals surface area contributed by atoms with E-state index >= 15 is 0 Å². The van der Waals surface area contributed by atoms with Crippen molar-refractivity contribution in [1.29, 1.82) is 0 Å². The summed E-state index contributed by atoms with van der Waals surface area (Å²) < 4.78 is 25.8. The van der Waals surface area contributed by atoms with E-state index in [0.29, 0.717) is 32.1 Å². The first-order valence-corrected chi connectivity index (χ1v) is 11.8. The molecule has 2 aliphatic heterocycles. The summed E-state index contributed by atoms with van der Waals surface area (Å²) in [5.41, 5.74) is 3.82. The van der Waals surface area contributed by atoms with Crippen LogP contribution in [0.5, 0.6) is 0 Å². The van der Waals surface area contributed by atoms with Crippen LogP contribution in [0.2, 0.25) is 0 Å². The third kappa shape index (κ3) is 3.80. The molecule has 0 amide bonds. The van der Waals surface area contributed by atoms with Crippen LogP contribution in [0.1, 0.15) is 28.3 Å². The summed E-state index contributed by atoms with van der Waals surface area (Å²) in [7, 11) is -3.22. The molecule has 0 radical (unpaired) electrons. The standard InChI is InChI=1S/C22H23N5O2S/c28-30(29)15-18-11-25-22(24-10-16-5-2-1-3-6-16)26-21(18)19-13-27(14-20(19)30)12-17-7-4-8-23-9-17/h1-9,11,19-20H,10,12-15H2,(H,24,25,26)/t19-,20+/m1/s1. The molecule has 1 fully saturated rings. The van der Waals surface area contributed by atoms with Gasteiger partial charge in [-0.2, -0.15) is 0 Å². The molecule has 154 valence electrons. The molecule has 2 atom stereocenters. The van der Waals surface area contributed by atoms with Gasteiger partial charge in [-0.1, -0.05) is 36.4 Å². The molecule has 7 nitrogen and oxygen atoms in total. The highest BCUT2D eigenvalue weighted by molar-refractivity contribution is 7.91. The summed E-state index contributed by atoms with van der Waals surface area (Å²) in [6, 6.07) is 14.0. The van der Waals surface area contributed by atoms with Crippen LogP contribution in [0.15, 0.2) is 61.1 Å². The highest BCUT2D eigenvalue weighted by atomic mass is 32.2. The van der Waals surface area contributed by atoms with Crippen LogP contribution in [0, 0.1) is 0 Å². The Morgan fingerprint density at radius 2 is 1.87 bits per heavy atom. The zero-order chi connectivity index (χ0) is 20.6. The van der Waals surface area contributed by atoms with Crippen molar-refractivity contribution in [3.05, 3.63) is 83.4 Å². The first-order chi connectivity index (χ1) is 14.6. The van der Waals surface area contributed by atoms with Gasteiger partial charge >= 0.3 is 0 Å². The minimum atomic E-state index is -3.22. The van der Waals surface area contributed by atoms with Crippen LogP contribution in [-0.2, 0) is 28.7 Å². The second kappa shape index (κ2) is 7.77. The molecule has 0 aliphatic carbocycles. The number of pyridine rings is 1. The normalized spacial score (nSPS) is 22.3. The number of hydrogen-bond acceptors (Lipinski definition) is 7. The van der Waals surface area contributed by atoms with E-state index in [4.69, 9.17) is 4.98 Å². The Labute approximate surface area is 176 Å². The van der Waals surface area contributed by atoms with Crippen LogP contribution in [0.25, 0.3) is 0 Å². The molecule has 2 aromatic heterocycles. The van der Waals surface area contributed by atoms with Crippen molar-refractivity contribution in [2.24, 2.45) is 0 Å². The number of anilines is 1. The van der Waals surface area contributed by atoms with Gasteiger partial charge in [0.25, 0.3) is 0 Å². The second-order valence-electron chi connectivity index (χ2n) is 7.95. The maximum absolute atomic E-state index is 12.9. The smallest absolute Gasteiger partial charge is 0.223 e. The predicted molar refractivity (Wildman–Crippen MR) is 114 cm³/mol. The molecule has 0 unspecified atom stereocenters. The van der Waals surface area contributed by atoms with Crippen molar-refractivity contribution in [1.82, 2.24) is 19.9 Å². The van der Waals surface area contributed by atoms with Gasteiger partial charge in [0.1, 0.15) is 0 Å². The van der Waals surface area contributed by atoms with E-state index in [2.05, 4.69) is 20.2 Å². The van der Waals surface area contributed by atoms with Crippen LogP contribution >= 0.6 is 0 Å². The fourth-order valence-corrected chi connectivity index (χ4v) is 6.42. The number of benzene rings is 1. The average Bonchev–Trinajstić information content (AvgIpc) is 3.19. The third-order valence-corrected chi connectivity index (χ3v) is 7.94. The minimum Gasteiger partial charge on any atom is -0.350 e. The van der Waals surface area contributed by atoms with Crippen LogP contribution in [0.3, 0.4) is 0 Å². The van der Waals surface area contributed by atoms with E-state index in [-0.39, 0.29) is 11.7 Å². The zero-order valence-electron chi connectivity index (χ0n) is 16.5. The van der Waals surface area contributed by atoms with E-state index in [0.717, 1.165) is 22.4 Å². The van der Waals surface area contributed by atoms with Crippen molar-refractivity contribution in [2.45, 2.75) is 30.0 Å². The lowest BCUT2D eigenvalue weighted by Gasteiger charge is -2.26. The lowest BCUT2D eigenvalue weighted by atomic mass is 10.00. The molecule has 2 aliphatic rings. The predicted octanol–water partition coefficient (Wildman–Crippen LogP) is 2.38. The molecule has 1 saturated heterocycles. The first kappa shape index (κ1) is 19.1. The van der Waals surface area contributed by atoms with Crippen molar-refractivity contribution >= 4 is 15.8 Å². The molecule has 3 aromatic rings. The van der Waals surface area contributed by atoms with Gasteiger partial charge in [-0.25, -0.2) is 18.4 Å². The number of rotatable bonds is 5. The number of aromatic nitrogens is 3. The Balaban J connectivity index is 1.38. The quantitative estimate of drug-likeness (QED) is 0.677. The SMILES string of the molecule is O=S1(=O)Cc2cnc(NCc3ccccc3)nc2[C@@H]2CN(Cc3cccnc3)C[C@@H]21. The minimum absolute atomic E-state index is 0.0171. The monoisotopic (exact) mass is 421 g/mol. The number of nitrogens with one attached hydrogen (secondary N) is 1. The van der Waals surface area contributed by atoms with Crippen LogP contribution < -0.4 is 5.32 Å². The van der Waals surface area contributed by atoms with Crippen molar-refractivity contribution in [2.75, 3.05) is 18.4 Å². The lowest BCUT2D eigenvalue weighted by Crippen LogP contribution is -2.35. The van der Waals surface area contributed by atoms with E-state index in [9.17, 15) is 8.42 Å². The third-order valence-electron chi connectivity index (χ3n) is 5.83. The molecular formula is C22H23N5O2S. The maximum Gasteiger partial charge on any atom is 0.223 e. The summed E-state index contributed by atoms with van der Waals surface area (Å²) in [4.78, 5) is 15.5. The van der Waals surface area contributed by atoms with Gasteiger partial charge in [-0.05, 0) is 17.2 Å². The molecular weight excluding hydrogens is 398 g/mol. The highest BCUT2D eigenvalue weighted by Crippen LogP contribution is 2.39. The van der Waals surface area contributed by atoms with Gasteiger partial charge in [0.15, 0.2) is 9.84 Å². The Hall–Kier alpha value is -2.84. The van der Waals surface area contributed by atoms with E-state index in [1.54, 1.807) is 12.4 Å². The molecule has 0 spiro atoms. The molecule has 8 heteroatoms. The molecule has 5 rings (SSSR count). The van der Waals surface area contributed by atoms with Crippen molar-refractivity contribution in [3.63, 3.8) is 0 Å². The van der Waals surface area contributed by atoms with Gasteiger partial charge in [-0.15, -0.1) is 0 Å². The molecule has 0 saturated carbocycles. The molecule has 4 heterocycles. The Morgan fingerprint density at radius 1 is 1.03 bits per heavy atom. The zero-order valence-corrected chi connectivity index (χ0v) is 17.3. The van der Waals surface area contributed by atoms with Gasteiger partial charge < -0.3 is 5.32 Å². The number of fused-ring (bicyclic) bond motifs is 3. The van der Waals surface area contributed by atoms with Gasteiger partial charge in [0.2, 0.25) is 5.95 Å². The maximum atomic E-state index is 12.9. The Bertz CT molecular complexity index is 1140. The average molecular weight is 422 g/mol. The van der Waals surface area contributed by atoms with E-state index < -0.39 is 15.1 Å². The fraction of sp³-hybridized carbons (Fsp3) is 0.318. The lowest BCUT2D eigenvalue weighted by molar-refractivity contribution is 0.326. The number of likely N-dealkylation sites (tertiary alicyclic amines) is 1. The van der Waals surface area contributed by atoms with Crippen LogP contribution in [0.4, 0.5) is 5.95 Å². The Morgan fingerprint density at radius 3 is 2.67 bits per heavy atom. The number of hydrogen-bond donors (Lipinski definition) is 1. The molecule has 30 heavy (non-hydrogen) atoms. The first-order valence-electron chi connectivity index (χ1n) is 10.0. The van der Waals surface area contributed by atoms with Crippen molar-refractivity contribution in [3.8, 4) is 0 Å². The highest BCUT2D eigenvalue weighted by Gasteiger charge is 2.47. The molecule has 1 N–H and O–H groups in total. The second-order valence-corrected chi connectivity index (χ2v) is 10.2. The fourth-order valence-electron chi connectivity index (χ4n) is 4.40. The largest absolute Gasteiger partial charge is 0.350 e. The Kier molecular flexibility index (Phi) is 4.96. The number of sulfone groups is 1. The molecule has 1 aromatic carbocycles. The van der Waals surface area contributed by atoms with Crippen LogP contribution in [-0.4, -0.2) is 46.6 Å². The van der Waals surface area contributed by atoms with E-state index in [1.807, 2.05) is 48.7 Å². The van der Waals surface area contributed by atoms with Gasteiger partial charge in [0.05, 0.1) is 16.7 Å². The molecule has 0 bridgehead atoms. The summed E-state index contributed by atoms with van der Waals surface area (Å²) in [6.07, 6.45) is 5.25.